The van der Waals surface area contributed by atoms with Gasteiger partial charge in [0.25, 0.3) is 5.91 Å². The molecular weight excluding hydrogens is 342 g/mol. The highest BCUT2D eigenvalue weighted by Gasteiger charge is 2.32. The number of allylic oxidation sites excluding steroid dienone is 1. The first-order chi connectivity index (χ1) is 13.1. The summed E-state index contributed by atoms with van der Waals surface area (Å²) in [6.45, 7) is 0. The van der Waals surface area contributed by atoms with E-state index in [0.717, 1.165) is 11.6 Å². The van der Waals surface area contributed by atoms with E-state index in [2.05, 4.69) is 4.74 Å². The minimum Gasteiger partial charge on any atom is -0.466 e. The Morgan fingerprint density at radius 3 is 2.22 bits per heavy atom. The number of rotatable bonds is 5. The van der Waals surface area contributed by atoms with Gasteiger partial charge in [-0.3, -0.25) is 14.5 Å². The van der Waals surface area contributed by atoms with Crippen molar-refractivity contribution in [2.24, 2.45) is 0 Å². The lowest BCUT2D eigenvalue weighted by Gasteiger charge is -2.12. The van der Waals surface area contributed by atoms with Gasteiger partial charge in [0.2, 0.25) is 0 Å². The topological polar surface area (TPSA) is 63.7 Å². The number of benzene rings is 2. The SMILES string of the molecule is COC(=O)/C=C1\C(=O)N(c2ccccc2)C=C1C(=O)/C=C/c1ccccc1. The summed E-state index contributed by atoms with van der Waals surface area (Å²) in [4.78, 5) is 38.5. The molecule has 0 aliphatic carbocycles. The van der Waals surface area contributed by atoms with Crippen LogP contribution in [0, 0.1) is 0 Å². The van der Waals surface area contributed by atoms with Gasteiger partial charge < -0.3 is 4.74 Å². The van der Waals surface area contributed by atoms with Crippen LogP contribution in [0.25, 0.3) is 6.08 Å². The second kappa shape index (κ2) is 8.10. The Morgan fingerprint density at radius 2 is 1.59 bits per heavy atom. The fourth-order valence-electron chi connectivity index (χ4n) is 2.62. The highest BCUT2D eigenvalue weighted by Crippen LogP contribution is 2.29. The zero-order valence-electron chi connectivity index (χ0n) is 14.7. The van der Waals surface area contributed by atoms with Crippen LogP contribution < -0.4 is 4.90 Å². The number of esters is 1. The van der Waals surface area contributed by atoms with E-state index in [4.69, 9.17) is 0 Å². The Kier molecular flexibility index (Phi) is 5.42. The molecule has 0 fully saturated rings. The minimum absolute atomic E-state index is 0.00779. The van der Waals surface area contributed by atoms with E-state index in [1.54, 1.807) is 30.3 Å². The van der Waals surface area contributed by atoms with Crippen molar-refractivity contribution in [3.63, 3.8) is 0 Å². The van der Waals surface area contributed by atoms with Gasteiger partial charge in [0.15, 0.2) is 5.78 Å². The first-order valence-electron chi connectivity index (χ1n) is 8.28. The second-order valence-electron chi connectivity index (χ2n) is 5.74. The van der Waals surface area contributed by atoms with Gasteiger partial charge in [0.05, 0.1) is 18.3 Å². The maximum atomic E-state index is 12.8. The molecule has 0 saturated heterocycles. The van der Waals surface area contributed by atoms with Gasteiger partial charge in [0.1, 0.15) is 0 Å². The number of anilines is 1. The van der Waals surface area contributed by atoms with Gasteiger partial charge in [0, 0.05) is 18.0 Å². The smallest absolute Gasteiger partial charge is 0.331 e. The molecule has 27 heavy (non-hydrogen) atoms. The van der Waals surface area contributed by atoms with Gasteiger partial charge >= 0.3 is 5.97 Å². The average molecular weight is 359 g/mol. The molecule has 5 heteroatoms. The average Bonchev–Trinajstić information content (AvgIpc) is 3.04. The van der Waals surface area contributed by atoms with Crippen molar-refractivity contribution in [1.29, 1.82) is 0 Å². The lowest BCUT2D eigenvalue weighted by Crippen LogP contribution is -2.21. The third-order valence-electron chi connectivity index (χ3n) is 3.99. The fourth-order valence-corrected chi connectivity index (χ4v) is 2.62. The molecule has 3 rings (SSSR count). The number of ether oxygens (including phenoxy) is 1. The van der Waals surface area contributed by atoms with Crippen LogP contribution >= 0.6 is 0 Å². The van der Waals surface area contributed by atoms with Gasteiger partial charge in [-0.15, -0.1) is 0 Å². The number of hydrogen-bond acceptors (Lipinski definition) is 4. The third-order valence-corrected chi connectivity index (χ3v) is 3.99. The van der Waals surface area contributed by atoms with Gasteiger partial charge in [-0.25, -0.2) is 4.79 Å². The minimum atomic E-state index is -0.695. The van der Waals surface area contributed by atoms with Gasteiger partial charge in [-0.1, -0.05) is 54.6 Å². The number of ketones is 1. The molecule has 0 radical (unpaired) electrons. The van der Waals surface area contributed by atoms with Crippen molar-refractivity contribution < 1.29 is 19.1 Å². The Hall–Kier alpha value is -3.73. The molecule has 0 N–H and O–H groups in total. The van der Waals surface area contributed by atoms with E-state index >= 15 is 0 Å². The van der Waals surface area contributed by atoms with E-state index < -0.39 is 11.9 Å². The molecule has 0 unspecified atom stereocenters. The van der Waals surface area contributed by atoms with Crippen molar-refractivity contribution in [1.82, 2.24) is 0 Å². The van der Waals surface area contributed by atoms with Crippen molar-refractivity contribution >= 4 is 29.4 Å². The summed E-state index contributed by atoms with van der Waals surface area (Å²) in [5.41, 5.74) is 1.61. The molecule has 1 amide bonds. The summed E-state index contributed by atoms with van der Waals surface area (Å²) >= 11 is 0. The second-order valence-corrected chi connectivity index (χ2v) is 5.74. The van der Waals surface area contributed by atoms with Crippen molar-refractivity contribution in [3.05, 3.63) is 95.7 Å². The highest BCUT2D eigenvalue weighted by atomic mass is 16.5. The van der Waals surface area contributed by atoms with Crippen LogP contribution in [0.1, 0.15) is 5.56 Å². The van der Waals surface area contributed by atoms with Crippen LogP contribution in [0.2, 0.25) is 0 Å². The highest BCUT2D eigenvalue weighted by molar-refractivity contribution is 6.26. The Balaban J connectivity index is 1.96. The summed E-state index contributed by atoms with van der Waals surface area (Å²) in [7, 11) is 1.22. The molecule has 5 nitrogen and oxygen atoms in total. The molecular formula is C22H17NO4. The van der Waals surface area contributed by atoms with Crippen molar-refractivity contribution in [2.75, 3.05) is 12.0 Å². The summed E-state index contributed by atoms with van der Waals surface area (Å²) in [5.74, 6) is -1.53. The molecule has 0 atom stereocenters. The normalized spacial score (nSPS) is 15.3. The molecule has 0 bridgehead atoms. The van der Waals surface area contributed by atoms with E-state index in [0.29, 0.717) is 5.69 Å². The lowest BCUT2D eigenvalue weighted by molar-refractivity contribution is -0.135. The van der Waals surface area contributed by atoms with Crippen molar-refractivity contribution in [2.45, 2.75) is 0 Å². The zero-order valence-corrected chi connectivity index (χ0v) is 14.7. The molecule has 0 spiro atoms. The molecule has 2 aromatic rings. The first kappa shape index (κ1) is 18.1. The van der Waals surface area contributed by atoms with E-state index in [1.165, 1.54) is 24.3 Å². The van der Waals surface area contributed by atoms with Crippen LogP contribution in [0.5, 0.6) is 0 Å². The maximum Gasteiger partial charge on any atom is 0.331 e. The monoisotopic (exact) mass is 359 g/mol. The Bertz CT molecular complexity index is 956. The van der Waals surface area contributed by atoms with E-state index in [-0.39, 0.29) is 16.9 Å². The zero-order chi connectivity index (χ0) is 19.2. The third kappa shape index (κ3) is 4.10. The molecule has 1 aliphatic rings. The van der Waals surface area contributed by atoms with Gasteiger partial charge in [-0.2, -0.15) is 0 Å². The number of amides is 1. The van der Waals surface area contributed by atoms with E-state index in [9.17, 15) is 14.4 Å². The number of para-hydroxylation sites is 1. The molecule has 1 aliphatic heterocycles. The van der Waals surface area contributed by atoms with Crippen LogP contribution in [0.15, 0.2) is 90.2 Å². The summed E-state index contributed by atoms with van der Waals surface area (Å²) < 4.78 is 4.62. The number of hydrogen-bond donors (Lipinski definition) is 0. The lowest BCUT2D eigenvalue weighted by atomic mass is 10.0. The molecule has 134 valence electrons. The summed E-state index contributed by atoms with van der Waals surface area (Å²) in [5, 5.41) is 0. The Labute approximate surface area is 156 Å². The predicted octanol–water partition coefficient (Wildman–Crippen LogP) is 3.30. The first-order valence-corrected chi connectivity index (χ1v) is 8.28. The van der Waals surface area contributed by atoms with Crippen LogP contribution in [0.4, 0.5) is 5.69 Å². The molecule has 0 aromatic heterocycles. The van der Waals surface area contributed by atoms with Gasteiger partial charge in [-0.05, 0) is 23.8 Å². The number of carbonyl (C=O) groups excluding carboxylic acids is 3. The summed E-state index contributed by atoms with van der Waals surface area (Å²) in [6, 6.07) is 18.2. The number of methoxy groups -OCH3 is 1. The van der Waals surface area contributed by atoms with E-state index in [1.807, 2.05) is 36.4 Å². The van der Waals surface area contributed by atoms with Crippen LogP contribution in [-0.4, -0.2) is 24.8 Å². The number of carbonyl (C=O) groups is 3. The van der Waals surface area contributed by atoms with Crippen molar-refractivity contribution in [3.8, 4) is 0 Å². The standard InChI is InChI=1S/C22H17NO4/c1-27-21(25)14-18-19(20(24)13-12-16-8-4-2-5-9-16)15-23(22(18)26)17-10-6-3-7-11-17/h2-15H,1H3/b13-12+,18-14-. The van der Waals surface area contributed by atoms with Crippen LogP contribution in [-0.2, 0) is 19.1 Å². The van der Waals surface area contributed by atoms with Crippen LogP contribution in [0.3, 0.4) is 0 Å². The molecule has 2 aromatic carbocycles. The molecule has 1 heterocycles. The summed E-state index contributed by atoms with van der Waals surface area (Å²) in [6.07, 6.45) is 5.54. The maximum absolute atomic E-state index is 12.8. The predicted molar refractivity (Wildman–Crippen MR) is 103 cm³/mol. The largest absolute Gasteiger partial charge is 0.466 e. The Morgan fingerprint density at radius 1 is 0.963 bits per heavy atom. The fraction of sp³-hybridized carbons (Fsp3) is 0.0455. The quantitative estimate of drug-likeness (QED) is 0.607. The number of nitrogens with zero attached hydrogens (tertiary/aromatic N) is 1. The molecule has 0 saturated carbocycles.